The fourth-order valence-corrected chi connectivity index (χ4v) is 8.88. The van der Waals surface area contributed by atoms with Crippen molar-refractivity contribution in [2.24, 2.45) is 0 Å². The maximum Gasteiger partial charge on any atom is 0.147 e. The summed E-state index contributed by atoms with van der Waals surface area (Å²) in [6, 6.07) is 24.4. The molecule has 0 bridgehead atoms. The van der Waals surface area contributed by atoms with Crippen molar-refractivity contribution in [1.29, 1.82) is 0 Å². The number of hydrogen-bond donors (Lipinski definition) is 0. The van der Waals surface area contributed by atoms with Crippen LogP contribution >= 0.6 is 31.9 Å². The van der Waals surface area contributed by atoms with Crippen LogP contribution in [0.1, 0.15) is 0 Å². The molecule has 0 nitrogen and oxygen atoms in total. The molecule has 1 heterocycles. The summed E-state index contributed by atoms with van der Waals surface area (Å²) in [5.41, 5.74) is 2.78. The van der Waals surface area contributed by atoms with Gasteiger partial charge in [0.2, 0.25) is 0 Å². The Kier molecular flexibility index (Phi) is 3.40. The highest BCUT2D eigenvalue weighted by Gasteiger charge is 2.43. The van der Waals surface area contributed by atoms with Crippen LogP contribution in [0.15, 0.2) is 75.7 Å². The molecule has 3 aromatic carbocycles. The maximum absolute atomic E-state index is 3.66. The molecular formula is C19H14Br2Si. The summed E-state index contributed by atoms with van der Waals surface area (Å²) < 4.78 is 2.32. The second-order valence-corrected chi connectivity index (χ2v) is 11.6. The average Bonchev–Trinajstić information content (AvgIpc) is 2.78. The largest absolute Gasteiger partial charge is 0.147 e. The van der Waals surface area contributed by atoms with Crippen LogP contribution in [0.5, 0.6) is 0 Å². The third-order valence-electron chi connectivity index (χ3n) is 4.68. The van der Waals surface area contributed by atoms with Gasteiger partial charge < -0.3 is 0 Å². The van der Waals surface area contributed by atoms with Gasteiger partial charge in [-0.25, -0.2) is 0 Å². The Balaban J connectivity index is 2.11. The fraction of sp³-hybridized carbons (Fsp3) is 0.0526. The van der Waals surface area contributed by atoms with Gasteiger partial charge in [0.05, 0.1) is 0 Å². The van der Waals surface area contributed by atoms with Crippen molar-refractivity contribution in [1.82, 2.24) is 0 Å². The van der Waals surface area contributed by atoms with Crippen molar-refractivity contribution in [2.45, 2.75) is 6.55 Å². The third-order valence-corrected chi connectivity index (χ3v) is 10.1. The molecule has 0 unspecified atom stereocenters. The van der Waals surface area contributed by atoms with Gasteiger partial charge >= 0.3 is 0 Å². The molecule has 3 aromatic rings. The highest BCUT2D eigenvalue weighted by atomic mass is 79.9. The molecule has 0 aromatic heterocycles. The summed E-state index contributed by atoms with van der Waals surface area (Å²) in [7, 11) is -1.93. The Morgan fingerprint density at radius 3 is 1.68 bits per heavy atom. The number of halogens is 2. The van der Waals surface area contributed by atoms with E-state index in [4.69, 9.17) is 0 Å². The summed E-state index contributed by atoms with van der Waals surface area (Å²) in [5.74, 6) is 0. The number of rotatable bonds is 1. The van der Waals surface area contributed by atoms with Crippen LogP contribution in [0.25, 0.3) is 11.1 Å². The van der Waals surface area contributed by atoms with Crippen LogP contribution < -0.4 is 15.6 Å². The van der Waals surface area contributed by atoms with Crippen LogP contribution in [-0.4, -0.2) is 8.07 Å². The molecule has 0 radical (unpaired) electrons. The van der Waals surface area contributed by atoms with E-state index in [-0.39, 0.29) is 0 Å². The zero-order chi connectivity index (χ0) is 15.3. The van der Waals surface area contributed by atoms with Gasteiger partial charge in [-0.1, -0.05) is 80.9 Å². The molecule has 108 valence electrons. The van der Waals surface area contributed by atoms with Crippen molar-refractivity contribution in [3.63, 3.8) is 0 Å². The Bertz CT molecular complexity index is 820. The van der Waals surface area contributed by atoms with E-state index >= 15 is 0 Å². The standard InChI is InChI=1S/C19H14Br2Si/c1-22(15-5-3-2-4-6-15)18-11-13(20)7-9-16(18)17-10-8-14(21)12-19(17)22/h2-12H,1H3. The van der Waals surface area contributed by atoms with E-state index in [0.29, 0.717) is 0 Å². The molecule has 3 heteroatoms. The molecule has 22 heavy (non-hydrogen) atoms. The third kappa shape index (κ3) is 1.99. The molecule has 4 rings (SSSR count). The zero-order valence-electron chi connectivity index (χ0n) is 12.1. The lowest BCUT2D eigenvalue weighted by molar-refractivity contribution is 1.65. The average molecular weight is 430 g/mol. The summed E-state index contributed by atoms with van der Waals surface area (Å²) in [4.78, 5) is 0. The minimum absolute atomic E-state index is 1.16. The monoisotopic (exact) mass is 428 g/mol. The minimum atomic E-state index is -1.93. The predicted octanol–water partition coefficient (Wildman–Crippen LogP) is 4.29. The zero-order valence-corrected chi connectivity index (χ0v) is 16.3. The van der Waals surface area contributed by atoms with E-state index in [1.165, 1.54) is 26.7 Å². The first-order chi connectivity index (χ1) is 10.6. The number of benzene rings is 3. The van der Waals surface area contributed by atoms with Gasteiger partial charge in [0.15, 0.2) is 0 Å². The van der Waals surface area contributed by atoms with Crippen LogP contribution in [0.4, 0.5) is 0 Å². The lowest BCUT2D eigenvalue weighted by Crippen LogP contribution is -2.62. The first-order valence-electron chi connectivity index (χ1n) is 7.26. The lowest BCUT2D eigenvalue weighted by Gasteiger charge is -2.26. The smallest absolute Gasteiger partial charge is 0.0624 e. The molecule has 0 aliphatic carbocycles. The molecule has 0 saturated carbocycles. The Hall–Kier alpha value is -1.16. The first kappa shape index (κ1) is 14.4. The van der Waals surface area contributed by atoms with E-state index in [1.807, 2.05) is 0 Å². The van der Waals surface area contributed by atoms with Gasteiger partial charge in [-0.05, 0) is 51.0 Å². The molecule has 0 atom stereocenters. The van der Waals surface area contributed by atoms with Gasteiger partial charge in [-0.3, -0.25) is 0 Å². The minimum Gasteiger partial charge on any atom is -0.0624 e. The molecule has 0 amide bonds. The molecule has 1 aliphatic heterocycles. The molecule has 1 aliphatic rings. The van der Waals surface area contributed by atoms with Crippen LogP contribution in [-0.2, 0) is 0 Å². The highest BCUT2D eigenvalue weighted by molar-refractivity contribution is 9.10. The van der Waals surface area contributed by atoms with E-state index in [2.05, 4.69) is 105 Å². The second-order valence-electron chi connectivity index (χ2n) is 5.87. The Morgan fingerprint density at radius 1 is 0.682 bits per heavy atom. The number of hydrogen-bond acceptors (Lipinski definition) is 0. The lowest BCUT2D eigenvalue weighted by atomic mass is 10.1. The molecule has 0 fully saturated rings. The highest BCUT2D eigenvalue weighted by Crippen LogP contribution is 2.31. The Morgan fingerprint density at radius 2 is 1.18 bits per heavy atom. The van der Waals surface area contributed by atoms with Crippen LogP contribution in [0.3, 0.4) is 0 Å². The van der Waals surface area contributed by atoms with Crippen molar-refractivity contribution < 1.29 is 0 Å². The maximum atomic E-state index is 3.66. The van der Waals surface area contributed by atoms with E-state index < -0.39 is 8.07 Å². The van der Waals surface area contributed by atoms with Gasteiger partial charge in [-0.2, -0.15) is 0 Å². The SMILES string of the molecule is C[Si]1(c2ccccc2)c2cc(Br)ccc2-c2ccc(Br)cc21. The van der Waals surface area contributed by atoms with Gasteiger partial charge in [0.1, 0.15) is 8.07 Å². The van der Waals surface area contributed by atoms with Gasteiger partial charge in [0, 0.05) is 8.95 Å². The van der Waals surface area contributed by atoms with Crippen LogP contribution in [0, 0.1) is 0 Å². The van der Waals surface area contributed by atoms with Crippen molar-refractivity contribution in [3.8, 4) is 11.1 Å². The summed E-state index contributed by atoms with van der Waals surface area (Å²) in [6.45, 7) is 2.46. The second kappa shape index (κ2) is 5.19. The first-order valence-corrected chi connectivity index (χ1v) is 11.4. The number of fused-ring (bicyclic) bond motifs is 3. The van der Waals surface area contributed by atoms with E-state index in [1.54, 1.807) is 0 Å². The predicted molar refractivity (Wildman–Crippen MR) is 104 cm³/mol. The summed E-state index contributed by atoms with van der Waals surface area (Å²) in [6.07, 6.45) is 0. The van der Waals surface area contributed by atoms with Crippen LogP contribution in [0.2, 0.25) is 6.55 Å². The van der Waals surface area contributed by atoms with E-state index in [9.17, 15) is 0 Å². The topological polar surface area (TPSA) is 0 Å². The molecule has 0 spiro atoms. The molecular weight excluding hydrogens is 416 g/mol. The van der Waals surface area contributed by atoms with Gasteiger partial charge in [-0.15, -0.1) is 0 Å². The summed E-state index contributed by atoms with van der Waals surface area (Å²) >= 11 is 7.32. The van der Waals surface area contributed by atoms with E-state index in [0.717, 1.165) is 8.95 Å². The molecule has 0 saturated heterocycles. The van der Waals surface area contributed by atoms with Gasteiger partial charge in [0.25, 0.3) is 0 Å². The van der Waals surface area contributed by atoms with Crippen molar-refractivity contribution >= 4 is 55.5 Å². The fourth-order valence-electron chi connectivity index (χ4n) is 3.56. The Labute approximate surface area is 148 Å². The molecule has 0 N–H and O–H groups in total. The normalized spacial score (nSPS) is 14.5. The van der Waals surface area contributed by atoms with Crippen molar-refractivity contribution in [3.05, 3.63) is 75.7 Å². The summed E-state index contributed by atoms with van der Waals surface area (Å²) in [5, 5.41) is 4.47. The van der Waals surface area contributed by atoms with Crippen molar-refractivity contribution in [2.75, 3.05) is 0 Å². The quantitative estimate of drug-likeness (QED) is 0.506.